The Labute approximate surface area is 152 Å². The Morgan fingerprint density at radius 2 is 1.96 bits per heavy atom. The SMILES string of the molecule is Nc1ccccc1CCC(=O)N1CCCC1c1ccc(Cl)c(Cl)c1. The van der Waals surface area contributed by atoms with Crippen LogP contribution in [0, 0.1) is 0 Å². The van der Waals surface area contributed by atoms with Crippen molar-refractivity contribution in [2.45, 2.75) is 31.7 Å². The first-order valence-electron chi connectivity index (χ1n) is 8.14. The van der Waals surface area contributed by atoms with Crippen LogP contribution < -0.4 is 5.73 Å². The minimum absolute atomic E-state index is 0.0837. The standard InChI is InChI=1S/C19H20Cl2N2O/c20-15-9-7-14(12-16(15)21)18-6-3-11-23(18)19(24)10-8-13-4-1-2-5-17(13)22/h1-2,4-5,7,9,12,18H,3,6,8,10-11,22H2. The largest absolute Gasteiger partial charge is 0.399 e. The van der Waals surface area contributed by atoms with E-state index in [1.807, 2.05) is 41.3 Å². The van der Waals surface area contributed by atoms with Crippen LogP contribution in [-0.4, -0.2) is 17.4 Å². The molecule has 0 bridgehead atoms. The van der Waals surface area contributed by atoms with Crippen molar-refractivity contribution in [2.75, 3.05) is 12.3 Å². The monoisotopic (exact) mass is 362 g/mol. The summed E-state index contributed by atoms with van der Waals surface area (Å²) in [4.78, 5) is 14.6. The highest BCUT2D eigenvalue weighted by molar-refractivity contribution is 6.42. The number of nitrogen functional groups attached to an aromatic ring is 1. The van der Waals surface area contributed by atoms with Gasteiger partial charge in [-0.2, -0.15) is 0 Å². The molecule has 0 aliphatic carbocycles. The number of carbonyl (C=O) groups excluding carboxylic acids is 1. The number of hydrogen-bond donors (Lipinski definition) is 1. The van der Waals surface area contributed by atoms with Gasteiger partial charge in [-0.05, 0) is 48.6 Å². The summed E-state index contributed by atoms with van der Waals surface area (Å²) in [7, 11) is 0. The maximum atomic E-state index is 12.7. The number of aryl methyl sites for hydroxylation is 1. The lowest BCUT2D eigenvalue weighted by Crippen LogP contribution is -2.30. The van der Waals surface area contributed by atoms with E-state index in [0.717, 1.165) is 36.2 Å². The molecule has 2 N–H and O–H groups in total. The van der Waals surface area contributed by atoms with Crippen molar-refractivity contribution >= 4 is 34.8 Å². The number of carbonyl (C=O) groups is 1. The zero-order chi connectivity index (χ0) is 17.1. The summed E-state index contributed by atoms with van der Waals surface area (Å²) in [6.07, 6.45) is 3.09. The first-order chi connectivity index (χ1) is 11.6. The van der Waals surface area contributed by atoms with Crippen molar-refractivity contribution in [3.8, 4) is 0 Å². The third-order valence-electron chi connectivity index (χ3n) is 4.56. The molecule has 0 radical (unpaired) electrons. The number of amides is 1. The molecule has 1 aliphatic heterocycles. The summed E-state index contributed by atoms with van der Waals surface area (Å²) >= 11 is 12.1. The predicted molar refractivity (Wildman–Crippen MR) is 99.3 cm³/mol. The number of rotatable bonds is 4. The Kier molecular flexibility index (Phi) is 5.32. The molecule has 3 nitrogen and oxygen atoms in total. The summed E-state index contributed by atoms with van der Waals surface area (Å²) in [5.74, 6) is 0.159. The Hall–Kier alpha value is -1.71. The molecule has 0 saturated carbocycles. The van der Waals surface area contributed by atoms with Crippen LogP contribution in [-0.2, 0) is 11.2 Å². The molecule has 2 aromatic carbocycles. The number of likely N-dealkylation sites (tertiary alicyclic amines) is 1. The lowest BCUT2D eigenvalue weighted by atomic mass is 10.0. The quantitative estimate of drug-likeness (QED) is 0.788. The van der Waals surface area contributed by atoms with E-state index in [-0.39, 0.29) is 11.9 Å². The minimum Gasteiger partial charge on any atom is -0.399 e. The highest BCUT2D eigenvalue weighted by Gasteiger charge is 2.29. The number of para-hydroxylation sites is 1. The highest BCUT2D eigenvalue weighted by atomic mass is 35.5. The third kappa shape index (κ3) is 3.68. The van der Waals surface area contributed by atoms with E-state index in [0.29, 0.717) is 22.9 Å². The Bertz CT molecular complexity index is 748. The van der Waals surface area contributed by atoms with E-state index in [1.54, 1.807) is 6.07 Å². The highest BCUT2D eigenvalue weighted by Crippen LogP contribution is 2.35. The van der Waals surface area contributed by atoms with Crippen molar-refractivity contribution in [1.29, 1.82) is 0 Å². The topological polar surface area (TPSA) is 46.3 Å². The molecule has 2 aromatic rings. The molecular weight excluding hydrogens is 343 g/mol. The van der Waals surface area contributed by atoms with Gasteiger partial charge in [-0.3, -0.25) is 4.79 Å². The lowest BCUT2D eigenvalue weighted by molar-refractivity contribution is -0.132. The van der Waals surface area contributed by atoms with E-state index in [2.05, 4.69) is 0 Å². The molecule has 3 rings (SSSR count). The molecule has 24 heavy (non-hydrogen) atoms. The fourth-order valence-electron chi connectivity index (χ4n) is 3.28. The number of halogens is 2. The second-order valence-corrected chi connectivity index (χ2v) is 6.93. The molecule has 126 valence electrons. The summed E-state index contributed by atoms with van der Waals surface area (Å²) in [6, 6.07) is 13.4. The van der Waals surface area contributed by atoms with Gasteiger partial charge in [0.1, 0.15) is 0 Å². The average Bonchev–Trinajstić information content (AvgIpc) is 3.06. The van der Waals surface area contributed by atoms with Gasteiger partial charge in [0.15, 0.2) is 0 Å². The molecule has 1 atom stereocenters. The minimum atomic E-state index is 0.0837. The van der Waals surface area contributed by atoms with Crippen LogP contribution in [0.5, 0.6) is 0 Å². The van der Waals surface area contributed by atoms with Gasteiger partial charge in [-0.15, -0.1) is 0 Å². The van der Waals surface area contributed by atoms with E-state index in [1.165, 1.54) is 0 Å². The van der Waals surface area contributed by atoms with Gasteiger partial charge in [0.05, 0.1) is 16.1 Å². The molecule has 1 fully saturated rings. The van der Waals surface area contributed by atoms with Gasteiger partial charge < -0.3 is 10.6 Å². The molecule has 1 saturated heterocycles. The number of nitrogens with zero attached hydrogens (tertiary/aromatic N) is 1. The maximum Gasteiger partial charge on any atom is 0.223 e. The fourth-order valence-corrected chi connectivity index (χ4v) is 3.59. The fraction of sp³-hybridized carbons (Fsp3) is 0.316. The smallest absolute Gasteiger partial charge is 0.223 e. The van der Waals surface area contributed by atoms with Gasteiger partial charge in [-0.25, -0.2) is 0 Å². The van der Waals surface area contributed by atoms with Crippen molar-refractivity contribution in [3.63, 3.8) is 0 Å². The Morgan fingerprint density at radius 1 is 1.17 bits per heavy atom. The molecule has 5 heteroatoms. The van der Waals surface area contributed by atoms with Crippen LogP contribution in [0.2, 0.25) is 10.0 Å². The molecule has 0 spiro atoms. The second kappa shape index (κ2) is 7.45. The summed E-state index contributed by atoms with van der Waals surface area (Å²) in [5, 5.41) is 1.07. The molecule has 0 aromatic heterocycles. The summed E-state index contributed by atoms with van der Waals surface area (Å²) in [6.45, 7) is 0.786. The molecule has 1 aliphatic rings. The number of hydrogen-bond acceptors (Lipinski definition) is 2. The zero-order valence-electron chi connectivity index (χ0n) is 13.3. The van der Waals surface area contributed by atoms with Crippen LogP contribution in [0.15, 0.2) is 42.5 Å². The Balaban J connectivity index is 1.69. The van der Waals surface area contributed by atoms with Crippen LogP contribution in [0.3, 0.4) is 0 Å². The van der Waals surface area contributed by atoms with Gasteiger partial charge >= 0.3 is 0 Å². The second-order valence-electron chi connectivity index (χ2n) is 6.12. The molecular formula is C19H20Cl2N2O. The van der Waals surface area contributed by atoms with E-state index >= 15 is 0 Å². The number of anilines is 1. The summed E-state index contributed by atoms with van der Waals surface area (Å²) in [5.41, 5.74) is 8.78. The van der Waals surface area contributed by atoms with Gasteiger partial charge in [0.2, 0.25) is 5.91 Å². The van der Waals surface area contributed by atoms with Crippen LogP contribution >= 0.6 is 23.2 Å². The third-order valence-corrected chi connectivity index (χ3v) is 5.30. The first kappa shape index (κ1) is 17.1. The van der Waals surface area contributed by atoms with Gasteiger partial charge in [0, 0.05) is 18.7 Å². The summed E-state index contributed by atoms with van der Waals surface area (Å²) < 4.78 is 0. The zero-order valence-corrected chi connectivity index (χ0v) is 14.9. The van der Waals surface area contributed by atoms with Crippen LogP contribution in [0.4, 0.5) is 5.69 Å². The van der Waals surface area contributed by atoms with Crippen molar-refractivity contribution < 1.29 is 4.79 Å². The van der Waals surface area contributed by atoms with Crippen molar-refractivity contribution in [2.24, 2.45) is 0 Å². The molecule has 1 unspecified atom stereocenters. The van der Waals surface area contributed by atoms with E-state index in [9.17, 15) is 4.79 Å². The molecule has 1 amide bonds. The van der Waals surface area contributed by atoms with Crippen molar-refractivity contribution in [3.05, 3.63) is 63.6 Å². The van der Waals surface area contributed by atoms with Crippen LogP contribution in [0.25, 0.3) is 0 Å². The van der Waals surface area contributed by atoms with Crippen molar-refractivity contribution in [1.82, 2.24) is 4.90 Å². The van der Waals surface area contributed by atoms with E-state index < -0.39 is 0 Å². The Morgan fingerprint density at radius 3 is 2.71 bits per heavy atom. The molecule has 1 heterocycles. The normalized spacial score (nSPS) is 17.2. The predicted octanol–water partition coefficient (Wildman–Crippen LogP) is 4.87. The van der Waals surface area contributed by atoms with Gasteiger partial charge in [-0.1, -0.05) is 47.5 Å². The maximum absolute atomic E-state index is 12.7. The van der Waals surface area contributed by atoms with E-state index in [4.69, 9.17) is 28.9 Å². The lowest BCUT2D eigenvalue weighted by Gasteiger charge is -2.25. The van der Waals surface area contributed by atoms with Crippen LogP contribution in [0.1, 0.15) is 36.4 Å². The van der Waals surface area contributed by atoms with Gasteiger partial charge in [0.25, 0.3) is 0 Å². The number of nitrogens with two attached hydrogens (primary N) is 1. The average molecular weight is 363 g/mol. The number of benzene rings is 2. The first-order valence-corrected chi connectivity index (χ1v) is 8.89.